The summed E-state index contributed by atoms with van der Waals surface area (Å²) < 4.78 is 35.5. The van der Waals surface area contributed by atoms with E-state index in [1.807, 2.05) is 0 Å². The van der Waals surface area contributed by atoms with E-state index in [-0.39, 0.29) is 27.9 Å². The van der Waals surface area contributed by atoms with Gasteiger partial charge in [-0.15, -0.1) is 0 Å². The number of allylic oxidation sites excluding steroid dienone is 1. The molecule has 1 aromatic heterocycles. The average Bonchev–Trinajstić information content (AvgIpc) is 2.97. The minimum atomic E-state index is -4.05. The number of rotatable bonds is 4. The van der Waals surface area contributed by atoms with Crippen LogP contribution in [0.4, 0.5) is 0 Å². The minimum Gasteiger partial charge on any atom is -0.452 e. The van der Waals surface area contributed by atoms with Gasteiger partial charge in [0.05, 0.1) is 5.56 Å². The molecule has 3 aromatic rings. The first kappa shape index (κ1) is 18.2. The number of Topliss-reactive ketones (excluding diaryl/α,β-unsaturated/α-hetero) is 1. The zero-order chi connectivity index (χ0) is 19.7. The number of hydrogen-bond donors (Lipinski definition) is 0. The molecule has 0 fully saturated rings. The van der Waals surface area contributed by atoms with E-state index in [0.717, 1.165) is 0 Å². The Labute approximate surface area is 166 Å². The zero-order valence-corrected chi connectivity index (χ0v) is 15.8. The Morgan fingerprint density at radius 3 is 2.57 bits per heavy atom. The van der Waals surface area contributed by atoms with E-state index >= 15 is 0 Å². The standard InChI is InChI=1S/C20H12ClNO5S/c21-14-3-6-16(7-4-14)28(24,25)27-15-5-8-17-18(11-15)26-19(20(17)23)10-13-2-1-9-22-12-13/h1-12H. The molecule has 0 bridgehead atoms. The number of carbonyl (C=O) groups is 1. The monoisotopic (exact) mass is 413 g/mol. The molecule has 0 aliphatic carbocycles. The van der Waals surface area contributed by atoms with Crippen molar-refractivity contribution in [3.05, 3.63) is 88.9 Å². The summed E-state index contributed by atoms with van der Waals surface area (Å²) in [7, 11) is -4.05. The molecule has 0 N–H and O–H groups in total. The predicted octanol–water partition coefficient (Wildman–Crippen LogP) is 4.12. The third kappa shape index (κ3) is 3.62. The Kier molecular flexibility index (Phi) is 4.62. The lowest BCUT2D eigenvalue weighted by molar-refractivity contribution is 0.101. The number of carbonyl (C=O) groups excluding carboxylic acids is 1. The molecule has 140 valence electrons. The van der Waals surface area contributed by atoms with Gasteiger partial charge in [-0.2, -0.15) is 8.42 Å². The largest absolute Gasteiger partial charge is 0.452 e. The summed E-state index contributed by atoms with van der Waals surface area (Å²) in [6.45, 7) is 0. The Bertz CT molecular complexity index is 1190. The first-order chi connectivity index (χ1) is 13.4. The summed E-state index contributed by atoms with van der Waals surface area (Å²) in [6.07, 6.45) is 4.79. The first-order valence-electron chi connectivity index (χ1n) is 8.11. The third-order valence-electron chi connectivity index (χ3n) is 3.93. The fourth-order valence-electron chi connectivity index (χ4n) is 2.61. The Balaban J connectivity index is 1.60. The van der Waals surface area contributed by atoms with Gasteiger partial charge >= 0.3 is 10.1 Å². The van der Waals surface area contributed by atoms with Crippen LogP contribution in [0.3, 0.4) is 0 Å². The molecule has 0 saturated heterocycles. The van der Waals surface area contributed by atoms with Crippen LogP contribution in [0.1, 0.15) is 15.9 Å². The highest BCUT2D eigenvalue weighted by atomic mass is 35.5. The molecular weight excluding hydrogens is 402 g/mol. The molecule has 2 aromatic carbocycles. The number of nitrogens with zero attached hydrogens (tertiary/aromatic N) is 1. The van der Waals surface area contributed by atoms with Crippen LogP contribution in [0, 0.1) is 0 Å². The van der Waals surface area contributed by atoms with Gasteiger partial charge in [-0.3, -0.25) is 9.78 Å². The van der Waals surface area contributed by atoms with Gasteiger partial charge < -0.3 is 8.92 Å². The second-order valence-electron chi connectivity index (χ2n) is 5.88. The van der Waals surface area contributed by atoms with Gasteiger partial charge in [0, 0.05) is 23.5 Å². The van der Waals surface area contributed by atoms with Crippen LogP contribution in [-0.4, -0.2) is 19.2 Å². The molecule has 0 radical (unpaired) electrons. The lowest BCUT2D eigenvalue weighted by Gasteiger charge is -2.08. The van der Waals surface area contributed by atoms with Crippen LogP contribution in [0.25, 0.3) is 6.08 Å². The topological polar surface area (TPSA) is 82.6 Å². The van der Waals surface area contributed by atoms with Crippen molar-refractivity contribution in [1.82, 2.24) is 4.98 Å². The van der Waals surface area contributed by atoms with Gasteiger partial charge in [0.25, 0.3) is 0 Å². The molecule has 0 unspecified atom stereocenters. The molecule has 28 heavy (non-hydrogen) atoms. The minimum absolute atomic E-state index is 0.0316. The SMILES string of the molecule is O=C1C(=Cc2cccnc2)Oc2cc(OS(=O)(=O)c3ccc(Cl)cc3)ccc21. The molecule has 1 aliphatic rings. The number of pyridine rings is 1. The van der Waals surface area contributed by atoms with Gasteiger partial charge in [0.2, 0.25) is 5.78 Å². The lowest BCUT2D eigenvalue weighted by Crippen LogP contribution is -2.09. The number of fused-ring (bicyclic) bond motifs is 1. The molecule has 4 rings (SSSR count). The number of ketones is 1. The molecule has 8 heteroatoms. The van der Waals surface area contributed by atoms with Crippen LogP contribution in [0.15, 0.2) is 77.6 Å². The zero-order valence-electron chi connectivity index (χ0n) is 14.2. The summed E-state index contributed by atoms with van der Waals surface area (Å²) in [4.78, 5) is 16.4. The highest BCUT2D eigenvalue weighted by molar-refractivity contribution is 7.87. The van der Waals surface area contributed by atoms with Crippen molar-refractivity contribution in [2.24, 2.45) is 0 Å². The van der Waals surface area contributed by atoms with Gasteiger partial charge in [0.1, 0.15) is 16.4 Å². The Morgan fingerprint density at radius 1 is 1.07 bits per heavy atom. The summed E-state index contributed by atoms with van der Waals surface area (Å²) in [5.41, 5.74) is 1.03. The maximum Gasteiger partial charge on any atom is 0.339 e. The van der Waals surface area contributed by atoms with E-state index in [0.29, 0.717) is 16.1 Å². The van der Waals surface area contributed by atoms with Crippen LogP contribution < -0.4 is 8.92 Å². The molecule has 0 amide bonds. The van der Waals surface area contributed by atoms with Crippen molar-refractivity contribution < 1.29 is 22.1 Å². The molecule has 0 spiro atoms. The van der Waals surface area contributed by atoms with Crippen molar-refractivity contribution in [1.29, 1.82) is 0 Å². The summed E-state index contributed by atoms with van der Waals surface area (Å²) in [6, 6.07) is 13.4. The summed E-state index contributed by atoms with van der Waals surface area (Å²) >= 11 is 5.78. The smallest absolute Gasteiger partial charge is 0.339 e. The Hall–Kier alpha value is -3.16. The number of hydrogen-bond acceptors (Lipinski definition) is 6. The second-order valence-corrected chi connectivity index (χ2v) is 7.86. The van der Waals surface area contributed by atoms with Gasteiger partial charge in [0.15, 0.2) is 5.76 Å². The molecule has 0 atom stereocenters. The van der Waals surface area contributed by atoms with Gasteiger partial charge in [-0.1, -0.05) is 17.7 Å². The highest BCUT2D eigenvalue weighted by Gasteiger charge is 2.28. The second kappa shape index (κ2) is 7.10. The summed E-state index contributed by atoms with van der Waals surface area (Å²) in [5.74, 6) is 0.0831. The number of ether oxygens (including phenoxy) is 1. The van der Waals surface area contributed by atoms with Crippen molar-refractivity contribution in [2.75, 3.05) is 0 Å². The molecule has 1 aliphatic heterocycles. The van der Waals surface area contributed by atoms with E-state index < -0.39 is 10.1 Å². The van der Waals surface area contributed by atoms with Gasteiger partial charge in [-0.05, 0) is 54.1 Å². The maximum atomic E-state index is 12.5. The molecule has 0 saturated carbocycles. The predicted molar refractivity (Wildman–Crippen MR) is 103 cm³/mol. The van der Waals surface area contributed by atoms with E-state index in [1.54, 1.807) is 30.6 Å². The third-order valence-corrected chi connectivity index (χ3v) is 5.45. The van der Waals surface area contributed by atoms with Gasteiger partial charge in [-0.25, -0.2) is 0 Å². The molecule has 2 heterocycles. The van der Waals surface area contributed by atoms with Crippen LogP contribution in [0.5, 0.6) is 11.5 Å². The van der Waals surface area contributed by atoms with E-state index in [4.69, 9.17) is 20.5 Å². The highest BCUT2D eigenvalue weighted by Crippen LogP contribution is 2.35. The first-order valence-corrected chi connectivity index (χ1v) is 9.89. The van der Waals surface area contributed by atoms with Crippen LogP contribution >= 0.6 is 11.6 Å². The van der Waals surface area contributed by atoms with E-state index in [2.05, 4.69) is 4.98 Å². The van der Waals surface area contributed by atoms with Crippen molar-refractivity contribution in [3.63, 3.8) is 0 Å². The van der Waals surface area contributed by atoms with Crippen LogP contribution in [0.2, 0.25) is 5.02 Å². The van der Waals surface area contributed by atoms with E-state index in [1.165, 1.54) is 42.5 Å². The fourth-order valence-corrected chi connectivity index (χ4v) is 3.66. The number of halogens is 1. The average molecular weight is 414 g/mol. The maximum absolute atomic E-state index is 12.5. The number of aromatic nitrogens is 1. The number of benzene rings is 2. The van der Waals surface area contributed by atoms with Crippen molar-refractivity contribution >= 4 is 33.6 Å². The van der Waals surface area contributed by atoms with Crippen LogP contribution in [-0.2, 0) is 10.1 Å². The quantitative estimate of drug-likeness (QED) is 0.472. The van der Waals surface area contributed by atoms with Crippen molar-refractivity contribution in [3.8, 4) is 11.5 Å². The fraction of sp³-hybridized carbons (Fsp3) is 0. The van der Waals surface area contributed by atoms with Crippen molar-refractivity contribution in [2.45, 2.75) is 4.90 Å². The normalized spacial score (nSPS) is 14.6. The summed E-state index contributed by atoms with van der Waals surface area (Å²) in [5, 5.41) is 0.413. The molecular formula is C20H12ClNO5S. The lowest BCUT2D eigenvalue weighted by atomic mass is 10.1. The Morgan fingerprint density at radius 2 is 1.86 bits per heavy atom. The van der Waals surface area contributed by atoms with E-state index in [9.17, 15) is 13.2 Å². The molecule has 6 nitrogen and oxygen atoms in total.